The lowest BCUT2D eigenvalue weighted by atomic mass is 10.1. The Balaban J connectivity index is 1.39. The van der Waals surface area contributed by atoms with Gasteiger partial charge in [-0.05, 0) is 48.7 Å². The van der Waals surface area contributed by atoms with Gasteiger partial charge in [0.05, 0.1) is 0 Å². The maximum absolute atomic E-state index is 12.1. The number of nitrogens with zero attached hydrogens (tertiary/aromatic N) is 2. The Morgan fingerprint density at radius 2 is 1.74 bits per heavy atom. The summed E-state index contributed by atoms with van der Waals surface area (Å²) in [5.74, 6) is 0.0990. The molecule has 1 heterocycles. The van der Waals surface area contributed by atoms with Crippen LogP contribution in [0.25, 0.3) is 0 Å². The fourth-order valence-electron chi connectivity index (χ4n) is 3.44. The molecule has 3 rings (SSSR count). The lowest BCUT2D eigenvalue weighted by molar-refractivity contribution is -0.121. The average Bonchev–Trinajstić information content (AvgIpc) is 2.68. The van der Waals surface area contributed by atoms with Gasteiger partial charge in [-0.1, -0.05) is 35.9 Å². The van der Waals surface area contributed by atoms with Crippen molar-refractivity contribution >= 4 is 23.2 Å². The predicted molar refractivity (Wildman–Crippen MR) is 112 cm³/mol. The second kappa shape index (κ2) is 9.25. The highest BCUT2D eigenvalue weighted by Gasteiger charge is 2.19. The maximum Gasteiger partial charge on any atom is 0.221 e. The molecule has 0 aromatic heterocycles. The van der Waals surface area contributed by atoms with Crippen molar-refractivity contribution in [2.24, 2.45) is 0 Å². The molecule has 1 fully saturated rings. The van der Waals surface area contributed by atoms with Crippen LogP contribution in [0.5, 0.6) is 0 Å². The van der Waals surface area contributed by atoms with E-state index in [-0.39, 0.29) is 5.91 Å². The molecule has 0 saturated carbocycles. The summed E-state index contributed by atoms with van der Waals surface area (Å²) in [6.45, 7) is 9.74. The molecule has 2 aromatic rings. The fourth-order valence-corrected chi connectivity index (χ4v) is 3.57. The van der Waals surface area contributed by atoms with Crippen molar-refractivity contribution in [2.75, 3.05) is 37.6 Å². The number of amides is 1. The Bertz CT molecular complexity index is 768. The third-order valence-electron chi connectivity index (χ3n) is 5.35. The zero-order valence-electron chi connectivity index (χ0n) is 16.2. The van der Waals surface area contributed by atoms with E-state index in [9.17, 15) is 4.79 Å². The number of nitrogens with one attached hydrogen (secondary N) is 1. The van der Waals surface area contributed by atoms with Gasteiger partial charge < -0.3 is 10.2 Å². The fraction of sp³-hybridized carbons (Fsp3) is 0.409. The summed E-state index contributed by atoms with van der Waals surface area (Å²) in [5, 5.41) is 3.70. The van der Waals surface area contributed by atoms with Crippen LogP contribution in [0, 0.1) is 13.8 Å². The van der Waals surface area contributed by atoms with Crippen LogP contribution in [0.15, 0.2) is 42.5 Å². The van der Waals surface area contributed by atoms with E-state index in [1.165, 1.54) is 16.8 Å². The molecule has 1 aliphatic rings. The van der Waals surface area contributed by atoms with Crippen LogP contribution < -0.4 is 10.2 Å². The Labute approximate surface area is 167 Å². The number of hydrogen-bond acceptors (Lipinski definition) is 3. The number of rotatable bonds is 6. The molecule has 0 atom stereocenters. The molecule has 27 heavy (non-hydrogen) atoms. The molecule has 2 aromatic carbocycles. The van der Waals surface area contributed by atoms with Gasteiger partial charge in [-0.3, -0.25) is 9.69 Å². The van der Waals surface area contributed by atoms with Crippen LogP contribution in [-0.4, -0.2) is 43.5 Å². The van der Waals surface area contributed by atoms with Gasteiger partial charge in [-0.25, -0.2) is 0 Å². The number of carbonyl (C=O) groups is 1. The number of benzene rings is 2. The second-order valence-corrected chi connectivity index (χ2v) is 7.64. The van der Waals surface area contributed by atoms with Crippen molar-refractivity contribution in [3.05, 3.63) is 64.2 Å². The largest absolute Gasteiger partial charge is 0.369 e. The summed E-state index contributed by atoms with van der Waals surface area (Å²) in [6, 6.07) is 14.1. The lowest BCUT2D eigenvalue weighted by Crippen LogP contribution is -2.47. The van der Waals surface area contributed by atoms with E-state index in [4.69, 9.17) is 11.6 Å². The van der Waals surface area contributed by atoms with E-state index in [0.717, 1.165) is 38.3 Å². The van der Waals surface area contributed by atoms with Gasteiger partial charge in [-0.2, -0.15) is 0 Å². The summed E-state index contributed by atoms with van der Waals surface area (Å²) in [4.78, 5) is 17.0. The SMILES string of the molecule is Cc1cccc(N2CCN(CCC(=O)NCc3ccc(Cl)cc3)CC2)c1C. The first-order valence-electron chi connectivity index (χ1n) is 9.57. The van der Waals surface area contributed by atoms with Crippen LogP contribution in [0.1, 0.15) is 23.1 Å². The maximum atomic E-state index is 12.1. The first-order valence-corrected chi connectivity index (χ1v) is 9.95. The van der Waals surface area contributed by atoms with Crippen molar-refractivity contribution < 1.29 is 4.79 Å². The molecular weight excluding hydrogens is 358 g/mol. The van der Waals surface area contributed by atoms with E-state index < -0.39 is 0 Å². The highest BCUT2D eigenvalue weighted by molar-refractivity contribution is 6.30. The third-order valence-corrected chi connectivity index (χ3v) is 5.60. The molecule has 144 valence electrons. The van der Waals surface area contributed by atoms with Gasteiger partial charge in [0.2, 0.25) is 5.91 Å². The first kappa shape index (κ1) is 19.7. The van der Waals surface area contributed by atoms with Crippen LogP contribution >= 0.6 is 11.6 Å². The lowest BCUT2D eigenvalue weighted by Gasteiger charge is -2.37. The van der Waals surface area contributed by atoms with Gasteiger partial charge in [0, 0.05) is 56.4 Å². The second-order valence-electron chi connectivity index (χ2n) is 7.20. The molecule has 4 nitrogen and oxygen atoms in total. The highest BCUT2D eigenvalue weighted by atomic mass is 35.5. The van der Waals surface area contributed by atoms with Crippen molar-refractivity contribution in [1.82, 2.24) is 10.2 Å². The van der Waals surface area contributed by atoms with Gasteiger partial charge >= 0.3 is 0 Å². The zero-order chi connectivity index (χ0) is 19.2. The minimum Gasteiger partial charge on any atom is -0.369 e. The Morgan fingerprint density at radius 1 is 1.04 bits per heavy atom. The number of halogens is 1. The molecule has 0 spiro atoms. The summed E-state index contributed by atoms with van der Waals surface area (Å²) >= 11 is 5.88. The van der Waals surface area contributed by atoms with Gasteiger partial charge in [0.15, 0.2) is 0 Å². The topological polar surface area (TPSA) is 35.6 Å². The van der Waals surface area contributed by atoms with Crippen LogP contribution in [0.2, 0.25) is 5.02 Å². The van der Waals surface area contributed by atoms with Crippen LogP contribution in [-0.2, 0) is 11.3 Å². The Hall–Kier alpha value is -2.04. The standard InChI is InChI=1S/C22H28ClN3O/c1-17-4-3-5-21(18(17)2)26-14-12-25(13-15-26)11-10-22(27)24-16-19-6-8-20(23)9-7-19/h3-9H,10-16H2,1-2H3,(H,24,27). The minimum absolute atomic E-state index is 0.0990. The molecule has 1 N–H and O–H groups in total. The molecule has 1 saturated heterocycles. The van der Waals surface area contributed by atoms with E-state index in [1.54, 1.807) is 0 Å². The smallest absolute Gasteiger partial charge is 0.221 e. The van der Waals surface area contributed by atoms with Crippen molar-refractivity contribution in [3.63, 3.8) is 0 Å². The van der Waals surface area contributed by atoms with Crippen LogP contribution in [0.3, 0.4) is 0 Å². The molecule has 1 amide bonds. The van der Waals surface area contributed by atoms with Crippen molar-refractivity contribution in [3.8, 4) is 0 Å². The number of carbonyl (C=O) groups excluding carboxylic acids is 1. The molecule has 0 radical (unpaired) electrons. The van der Waals surface area contributed by atoms with Gasteiger partial charge in [0.1, 0.15) is 0 Å². The van der Waals surface area contributed by atoms with Gasteiger partial charge in [0.25, 0.3) is 0 Å². The monoisotopic (exact) mass is 385 g/mol. The number of anilines is 1. The van der Waals surface area contributed by atoms with Crippen LogP contribution in [0.4, 0.5) is 5.69 Å². The average molecular weight is 386 g/mol. The van der Waals surface area contributed by atoms with Gasteiger partial charge in [-0.15, -0.1) is 0 Å². The van der Waals surface area contributed by atoms with Crippen molar-refractivity contribution in [1.29, 1.82) is 0 Å². The quantitative estimate of drug-likeness (QED) is 0.821. The summed E-state index contributed by atoms with van der Waals surface area (Å²) in [6.07, 6.45) is 0.539. The Kier molecular flexibility index (Phi) is 6.75. The van der Waals surface area contributed by atoms with E-state index in [0.29, 0.717) is 18.0 Å². The molecular formula is C22H28ClN3O. The number of aryl methyl sites for hydroxylation is 1. The number of piperazine rings is 1. The predicted octanol–water partition coefficient (Wildman–Crippen LogP) is 3.79. The normalized spacial score (nSPS) is 15.0. The molecule has 0 aliphatic carbocycles. The number of hydrogen-bond donors (Lipinski definition) is 1. The molecule has 0 unspecified atom stereocenters. The first-order chi connectivity index (χ1) is 13.0. The van der Waals surface area contributed by atoms with E-state index >= 15 is 0 Å². The minimum atomic E-state index is 0.0990. The molecule has 0 bridgehead atoms. The third kappa shape index (κ3) is 5.47. The summed E-state index contributed by atoms with van der Waals surface area (Å²) < 4.78 is 0. The summed E-state index contributed by atoms with van der Waals surface area (Å²) in [7, 11) is 0. The molecule has 5 heteroatoms. The Morgan fingerprint density at radius 3 is 2.44 bits per heavy atom. The van der Waals surface area contributed by atoms with E-state index in [2.05, 4.69) is 47.2 Å². The summed E-state index contributed by atoms with van der Waals surface area (Å²) in [5.41, 5.74) is 5.12. The zero-order valence-corrected chi connectivity index (χ0v) is 16.9. The van der Waals surface area contributed by atoms with Crippen molar-refractivity contribution in [2.45, 2.75) is 26.8 Å². The highest BCUT2D eigenvalue weighted by Crippen LogP contribution is 2.23. The van der Waals surface area contributed by atoms with E-state index in [1.807, 2.05) is 24.3 Å². The molecule has 1 aliphatic heterocycles.